The van der Waals surface area contributed by atoms with Crippen LogP contribution >= 0.6 is 0 Å². The monoisotopic (exact) mass is 672 g/mol. The number of para-hydroxylation sites is 2. The predicted octanol–water partition coefficient (Wildman–Crippen LogP) is 3.36. The van der Waals surface area contributed by atoms with Crippen LogP contribution in [0, 0.1) is 24.3 Å². The normalized spacial score (nSPS) is 11.8. The summed E-state index contributed by atoms with van der Waals surface area (Å²) in [6, 6.07) is 23.5. The number of ether oxygens (including phenoxy) is 2. The molecule has 2 aliphatic heterocycles. The fourth-order valence-corrected chi connectivity index (χ4v) is 6.34. The zero-order valence-electron chi connectivity index (χ0n) is 28.6. The van der Waals surface area contributed by atoms with Gasteiger partial charge in [-0.2, -0.15) is 0 Å². The van der Waals surface area contributed by atoms with E-state index in [0.29, 0.717) is 24.5 Å². The largest absolute Gasteiger partial charge is 0.595 e. The van der Waals surface area contributed by atoms with Gasteiger partial charge in [0.1, 0.15) is 44.8 Å². The molecule has 0 saturated heterocycles. The van der Waals surface area contributed by atoms with Gasteiger partial charge in [0.2, 0.25) is 0 Å². The van der Waals surface area contributed by atoms with Crippen LogP contribution in [0.4, 0.5) is 0 Å². The van der Waals surface area contributed by atoms with Crippen molar-refractivity contribution < 1.29 is 35.6 Å². The molecule has 6 aromatic rings. The molecule has 260 valence electrons. The van der Waals surface area contributed by atoms with Gasteiger partial charge in [0, 0.05) is 13.1 Å². The summed E-state index contributed by atoms with van der Waals surface area (Å²) in [5.41, 5.74) is 7.03. The first-order chi connectivity index (χ1) is 22.2. The van der Waals surface area contributed by atoms with Crippen LogP contribution in [-0.4, -0.2) is 76.9 Å². The Hall–Kier alpha value is -5.18. The molecule has 13 nitrogen and oxygen atoms in total. The number of benzene rings is 4. The predicted molar refractivity (Wildman–Crippen MR) is 190 cm³/mol. The molecule has 4 heterocycles. The molecule has 2 aliphatic rings. The van der Waals surface area contributed by atoms with E-state index >= 15 is 0 Å². The molecule has 0 amide bonds. The second-order valence-corrected chi connectivity index (χ2v) is 12.5. The average molecular weight is 673 g/mol. The quantitative estimate of drug-likeness (QED) is 0.193. The van der Waals surface area contributed by atoms with E-state index in [1.165, 1.54) is 0 Å². The summed E-state index contributed by atoms with van der Waals surface area (Å²) in [5, 5.41) is 27.8. The van der Waals surface area contributed by atoms with Gasteiger partial charge in [0.25, 0.3) is 11.4 Å². The van der Waals surface area contributed by atoms with Gasteiger partial charge in [-0.1, -0.05) is 46.1 Å². The Morgan fingerprint density at radius 3 is 1.31 bits per heavy atom. The van der Waals surface area contributed by atoms with Crippen LogP contribution in [0.25, 0.3) is 44.3 Å². The Kier molecular flexibility index (Phi) is 10.6. The number of nitrogens with zero attached hydrogens (tertiary/aromatic N) is 6. The van der Waals surface area contributed by atoms with E-state index in [-0.39, 0.29) is 16.4 Å². The van der Waals surface area contributed by atoms with E-state index < -0.39 is 0 Å². The molecule has 0 fully saturated rings. The van der Waals surface area contributed by atoms with Crippen molar-refractivity contribution in [2.24, 2.45) is 0 Å². The number of likely N-dealkylation sites (N-methyl/N-ethyl adjacent to an activating group) is 2. The summed E-state index contributed by atoms with van der Waals surface area (Å²) in [6.07, 6.45) is 0. The van der Waals surface area contributed by atoms with E-state index in [9.17, 15) is 10.4 Å². The lowest BCUT2D eigenvalue weighted by atomic mass is 10.0. The SMILES string of the molecule is Cc1ccc2c3c1Oc1ccccc1-c3[n+]([O-])n2CCN(C)C.Cc1ccc2c3c1Oc1ccccc1-c3[n+]([O-])n2CCN(C)C.O.O.O. The average Bonchev–Trinajstić information content (AvgIpc) is 3.49. The molecule has 0 saturated carbocycles. The zero-order valence-corrected chi connectivity index (χ0v) is 28.6. The highest BCUT2D eigenvalue weighted by atomic mass is 16.5. The Labute approximate surface area is 284 Å². The van der Waals surface area contributed by atoms with Crippen molar-refractivity contribution in [2.45, 2.75) is 26.9 Å². The van der Waals surface area contributed by atoms with Crippen LogP contribution in [0.3, 0.4) is 0 Å². The molecule has 0 atom stereocenters. The van der Waals surface area contributed by atoms with E-state index in [1.54, 1.807) is 9.36 Å². The van der Waals surface area contributed by atoms with Gasteiger partial charge < -0.3 is 46.1 Å². The standard InChI is InChI=1S/2C18H19N3O2.3H2O/c2*1-12-8-9-14-16-17(21(22)20(14)11-10-19(2)3)13-6-4-5-7-15(13)23-18(12)16;;;/h2*4-9H,10-11H2,1-3H3;3*1H2. The van der Waals surface area contributed by atoms with Gasteiger partial charge in [0.05, 0.1) is 24.2 Å². The third kappa shape index (κ3) is 6.03. The second kappa shape index (κ2) is 14.1. The molecule has 0 spiro atoms. The number of fused-ring (bicyclic) bond motifs is 4. The maximum Gasteiger partial charge on any atom is 0.266 e. The minimum atomic E-state index is 0. The van der Waals surface area contributed by atoms with Gasteiger partial charge in [-0.3, -0.25) is 0 Å². The van der Waals surface area contributed by atoms with E-state index in [1.807, 2.05) is 115 Å². The van der Waals surface area contributed by atoms with Gasteiger partial charge >= 0.3 is 0 Å². The smallest absolute Gasteiger partial charge is 0.266 e. The molecule has 0 unspecified atom stereocenters. The van der Waals surface area contributed by atoms with Crippen molar-refractivity contribution >= 4 is 21.8 Å². The number of hydrogen-bond acceptors (Lipinski definition) is 6. The number of rotatable bonds is 6. The molecular formula is C36H44N6O7. The highest BCUT2D eigenvalue weighted by Gasteiger charge is 2.34. The third-order valence-electron chi connectivity index (χ3n) is 8.74. The highest BCUT2D eigenvalue weighted by molar-refractivity contribution is 6.01. The fraction of sp³-hybridized carbons (Fsp3) is 0.278. The summed E-state index contributed by atoms with van der Waals surface area (Å²) >= 11 is 0. The highest BCUT2D eigenvalue weighted by Crippen LogP contribution is 2.47. The maximum atomic E-state index is 13.0. The van der Waals surface area contributed by atoms with Crippen LogP contribution in [0.15, 0.2) is 72.8 Å². The van der Waals surface area contributed by atoms with Crippen LogP contribution in [0.2, 0.25) is 0 Å². The van der Waals surface area contributed by atoms with E-state index in [2.05, 4.69) is 9.80 Å². The minimum Gasteiger partial charge on any atom is -0.595 e. The number of aromatic nitrogens is 4. The molecule has 0 radical (unpaired) electrons. The maximum absolute atomic E-state index is 13.0. The topological polar surface area (TPSA) is 183 Å². The summed E-state index contributed by atoms with van der Waals surface area (Å²) in [7, 11) is 8.03. The van der Waals surface area contributed by atoms with Crippen molar-refractivity contribution in [1.29, 1.82) is 0 Å². The summed E-state index contributed by atoms with van der Waals surface area (Å²) in [4.78, 5) is 6.20. The molecule has 0 bridgehead atoms. The second-order valence-electron chi connectivity index (χ2n) is 12.5. The Morgan fingerprint density at radius 1 is 0.571 bits per heavy atom. The van der Waals surface area contributed by atoms with E-state index in [0.717, 1.165) is 89.8 Å². The molecule has 6 N–H and O–H groups in total. The van der Waals surface area contributed by atoms with Gasteiger partial charge in [0.15, 0.2) is 0 Å². The van der Waals surface area contributed by atoms with Crippen LogP contribution in [0.1, 0.15) is 11.1 Å². The Bertz CT molecular complexity index is 1990. The van der Waals surface area contributed by atoms with Gasteiger partial charge in [-0.15, -0.1) is 9.36 Å². The third-order valence-corrected chi connectivity index (χ3v) is 8.74. The van der Waals surface area contributed by atoms with Gasteiger partial charge in [-0.25, -0.2) is 0 Å². The number of hydrogen-bond donors (Lipinski definition) is 0. The summed E-state index contributed by atoms with van der Waals surface area (Å²) in [6.45, 7) is 6.90. The lowest BCUT2D eigenvalue weighted by Gasteiger charge is -2.16. The number of aryl methyl sites for hydroxylation is 2. The molecular weight excluding hydrogens is 628 g/mol. The molecule has 2 aromatic heterocycles. The lowest BCUT2D eigenvalue weighted by molar-refractivity contribution is -0.681. The molecule has 13 heteroatoms. The molecule has 49 heavy (non-hydrogen) atoms. The summed E-state index contributed by atoms with van der Waals surface area (Å²) in [5.74, 6) is 3.07. The molecule has 0 aliphatic carbocycles. The summed E-state index contributed by atoms with van der Waals surface area (Å²) < 4.78 is 15.8. The van der Waals surface area contributed by atoms with Crippen LogP contribution in [-0.2, 0) is 13.1 Å². The first-order valence-electron chi connectivity index (χ1n) is 15.5. The van der Waals surface area contributed by atoms with Crippen molar-refractivity contribution in [2.75, 3.05) is 41.3 Å². The van der Waals surface area contributed by atoms with Crippen LogP contribution < -0.4 is 19.2 Å². The Morgan fingerprint density at radius 2 is 0.939 bits per heavy atom. The first kappa shape index (κ1) is 36.7. The van der Waals surface area contributed by atoms with Gasteiger partial charge in [-0.05, 0) is 89.6 Å². The van der Waals surface area contributed by atoms with Crippen LogP contribution in [0.5, 0.6) is 23.0 Å². The van der Waals surface area contributed by atoms with Crippen molar-refractivity contribution in [3.63, 3.8) is 0 Å². The van der Waals surface area contributed by atoms with Crippen molar-refractivity contribution in [3.8, 4) is 45.5 Å². The molecule has 8 rings (SSSR count). The van der Waals surface area contributed by atoms with Crippen molar-refractivity contribution in [3.05, 3.63) is 94.3 Å². The minimum absolute atomic E-state index is 0. The molecule has 4 aromatic carbocycles. The van der Waals surface area contributed by atoms with Crippen molar-refractivity contribution in [1.82, 2.24) is 19.2 Å². The zero-order chi connectivity index (χ0) is 32.3. The lowest BCUT2D eigenvalue weighted by Crippen LogP contribution is -2.40. The van der Waals surface area contributed by atoms with E-state index in [4.69, 9.17) is 9.47 Å². The Balaban J connectivity index is 0.000000208. The first-order valence-corrected chi connectivity index (χ1v) is 15.5. The fourth-order valence-electron chi connectivity index (χ4n) is 6.34.